The summed E-state index contributed by atoms with van der Waals surface area (Å²) in [5.41, 5.74) is 1.01. The van der Waals surface area contributed by atoms with Crippen molar-refractivity contribution in [1.82, 2.24) is 4.90 Å². The van der Waals surface area contributed by atoms with Crippen LogP contribution in [-0.2, 0) is 6.54 Å². The van der Waals surface area contributed by atoms with Gasteiger partial charge in [-0.25, -0.2) is 0 Å². The molecular formula is C14H21NOS. The molecule has 1 heterocycles. The lowest BCUT2D eigenvalue weighted by Crippen LogP contribution is -2.27. The van der Waals surface area contributed by atoms with E-state index in [9.17, 15) is 0 Å². The van der Waals surface area contributed by atoms with Gasteiger partial charge in [0.2, 0.25) is 0 Å². The molecule has 1 N–H and O–H groups in total. The minimum Gasteiger partial charge on any atom is -0.384 e. The number of aliphatic hydroxyl groups is 1. The zero-order valence-corrected chi connectivity index (χ0v) is 11.7. The average Bonchev–Trinajstić information content (AvgIpc) is 2.74. The predicted molar refractivity (Wildman–Crippen MR) is 74.1 cm³/mol. The number of hydrogen-bond donors (Lipinski definition) is 1. The summed E-state index contributed by atoms with van der Waals surface area (Å²) in [6.07, 6.45) is 2.46. The van der Waals surface area contributed by atoms with E-state index in [1.54, 1.807) is 11.3 Å². The van der Waals surface area contributed by atoms with Crippen LogP contribution in [0, 0.1) is 11.8 Å². The summed E-state index contributed by atoms with van der Waals surface area (Å²) >= 11 is 1.74. The topological polar surface area (TPSA) is 23.5 Å². The molecule has 0 amide bonds. The zero-order valence-electron chi connectivity index (χ0n) is 10.9. The van der Waals surface area contributed by atoms with Crippen molar-refractivity contribution in [3.05, 3.63) is 21.9 Å². The number of rotatable bonds is 5. The summed E-state index contributed by atoms with van der Waals surface area (Å²) in [6.45, 7) is 5.40. The highest BCUT2D eigenvalue weighted by Gasteiger charge is 2.09. The van der Waals surface area contributed by atoms with E-state index in [2.05, 4.69) is 49.1 Å². The van der Waals surface area contributed by atoms with Gasteiger partial charge in [-0.1, -0.05) is 25.2 Å². The summed E-state index contributed by atoms with van der Waals surface area (Å²) in [4.78, 5) is 3.70. The maximum atomic E-state index is 8.63. The second kappa shape index (κ2) is 7.50. The number of aliphatic hydroxyl groups excluding tert-OH is 1. The summed E-state index contributed by atoms with van der Waals surface area (Å²) in [6, 6.07) is 2.73. The molecule has 0 aromatic carbocycles. The fourth-order valence-electron chi connectivity index (χ4n) is 1.71. The van der Waals surface area contributed by atoms with E-state index in [1.807, 2.05) is 0 Å². The lowest BCUT2D eigenvalue weighted by Gasteiger charge is -2.23. The van der Waals surface area contributed by atoms with Gasteiger partial charge in [0.15, 0.2) is 0 Å². The number of nitrogens with zero attached hydrogens (tertiary/aromatic N) is 1. The Kier molecular flexibility index (Phi) is 6.28. The van der Waals surface area contributed by atoms with Gasteiger partial charge in [-0.15, -0.1) is 11.3 Å². The Balaban J connectivity index is 2.54. The molecule has 0 bridgehead atoms. The first-order chi connectivity index (χ1) is 8.17. The van der Waals surface area contributed by atoms with Crippen molar-refractivity contribution in [3.63, 3.8) is 0 Å². The molecule has 2 nitrogen and oxygen atoms in total. The molecule has 0 saturated carbocycles. The lowest BCUT2D eigenvalue weighted by molar-refractivity contribution is 0.239. The lowest BCUT2D eigenvalue weighted by atomic mass is 10.2. The fraction of sp³-hybridized carbons (Fsp3) is 0.571. The molecule has 17 heavy (non-hydrogen) atoms. The van der Waals surface area contributed by atoms with Crippen LogP contribution in [-0.4, -0.2) is 29.7 Å². The third kappa shape index (κ3) is 4.91. The van der Waals surface area contributed by atoms with Crippen LogP contribution in [0.25, 0.3) is 0 Å². The molecule has 1 aromatic heterocycles. The minimum atomic E-state index is -0.0708. The normalized spacial score (nSPS) is 12.3. The molecule has 0 aliphatic heterocycles. The van der Waals surface area contributed by atoms with Crippen molar-refractivity contribution < 1.29 is 5.11 Å². The van der Waals surface area contributed by atoms with Crippen LogP contribution in [0.1, 0.15) is 37.1 Å². The molecular weight excluding hydrogens is 230 g/mol. The van der Waals surface area contributed by atoms with Crippen LogP contribution in [0.4, 0.5) is 0 Å². The highest BCUT2D eigenvalue weighted by molar-refractivity contribution is 7.10. The van der Waals surface area contributed by atoms with Crippen molar-refractivity contribution >= 4 is 11.3 Å². The first-order valence-corrected chi connectivity index (χ1v) is 6.92. The molecule has 1 unspecified atom stereocenters. The summed E-state index contributed by atoms with van der Waals surface area (Å²) in [5, 5.41) is 10.7. The molecule has 1 rings (SSSR count). The van der Waals surface area contributed by atoms with Crippen molar-refractivity contribution in [2.75, 3.05) is 13.7 Å². The second-order valence-electron chi connectivity index (χ2n) is 4.31. The Labute approximate surface area is 108 Å². The van der Waals surface area contributed by atoms with Gasteiger partial charge in [-0.05, 0) is 26.5 Å². The van der Waals surface area contributed by atoms with E-state index < -0.39 is 0 Å². The molecule has 0 spiro atoms. The van der Waals surface area contributed by atoms with E-state index in [0.29, 0.717) is 6.04 Å². The highest BCUT2D eigenvalue weighted by Crippen LogP contribution is 2.17. The molecule has 0 aliphatic carbocycles. The third-order valence-corrected chi connectivity index (χ3v) is 3.75. The zero-order chi connectivity index (χ0) is 12.7. The van der Waals surface area contributed by atoms with E-state index in [-0.39, 0.29) is 6.61 Å². The summed E-state index contributed by atoms with van der Waals surface area (Å²) in [7, 11) is 2.17. The van der Waals surface area contributed by atoms with Gasteiger partial charge in [-0.3, -0.25) is 4.90 Å². The molecule has 0 aliphatic rings. The smallest absolute Gasteiger partial charge is 0.104 e. The summed E-state index contributed by atoms with van der Waals surface area (Å²) in [5.74, 6) is 5.61. The standard InChI is InChI=1S/C14H21NOS/c1-4-6-12(2)15(3)10-14-9-13(11-17-14)7-5-8-16/h9,11-12,16H,4,6,8,10H2,1-3H3. The van der Waals surface area contributed by atoms with Gasteiger partial charge in [0, 0.05) is 28.4 Å². The minimum absolute atomic E-state index is 0.0708. The van der Waals surface area contributed by atoms with Crippen LogP contribution in [0.2, 0.25) is 0 Å². The molecule has 3 heteroatoms. The van der Waals surface area contributed by atoms with Gasteiger partial charge in [0.05, 0.1) is 0 Å². The number of thiophene rings is 1. The first-order valence-electron chi connectivity index (χ1n) is 6.04. The van der Waals surface area contributed by atoms with Crippen molar-refractivity contribution in [1.29, 1.82) is 0 Å². The van der Waals surface area contributed by atoms with Crippen molar-refractivity contribution in [2.45, 2.75) is 39.3 Å². The van der Waals surface area contributed by atoms with Crippen LogP contribution in [0.5, 0.6) is 0 Å². The molecule has 0 fully saturated rings. The Morgan fingerprint density at radius 2 is 2.29 bits per heavy atom. The van der Waals surface area contributed by atoms with Crippen molar-refractivity contribution in [2.24, 2.45) is 0 Å². The molecule has 0 saturated heterocycles. The first kappa shape index (κ1) is 14.2. The van der Waals surface area contributed by atoms with Gasteiger partial charge in [0.1, 0.15) is 6.61 Å². The van der Waals surface area contributed by atoms with Crippen LogP contribution in [0.3, 0.4) is 0 Å². The van der Waals surface area contributed by atoms with E-state index in [1.165, 1.54) is 17.7 Å². The van der Waals surface area contributed by atoms with Gasteiger partial charge >= 0.3 is 0 Å². The van der Waals surface area contributed by atoms with E-state index in [4.69, 9.17) is 5.11 Å². The highest BCUT2D eigenvalue weighted by atomic mass is 32.1. The van der Waals surface area contributed by atoms with E-state index in [0.717, 1.165) is 12.1 Å². The van der Waals surface area contributed by atoms with Crippen LogP contribution < -0.4 is 0 Å². The maximum absolute atomic E-state index is 8.63. The number of hydrogen-bond acceptors (Lipinski definition) is 3. The monoisotopic (exact) mass is 251 g/mol. The van der Waals surface area contributed by atoms with E-state index >= 15 is 0 Å². The summed E-state index contributed by atoms with van der Waals surface area (Å²) < 4.78 is 0. The largest absolute Gasteiger partial charge is 0.384 e. The Hall–Kier alpha value is -0.820. The van der Waals surface area contributed by atoms with Crippen LogP contribution >= 0.6 is 11.3 Å². The van der Waals surface area contributed by atoms with Gasteiger partial charge in [-0.2, -0.15) is 0 Å². The maximum Gasteiger partial charge on any atom is 0.104 e. The molecule has 0 radical (unpaired) electrons. The Morgan fingerprint density at radius 1 is 1.53 bits per heavy atom. The third-order valence-electron chi connectivity index (χ3n) is 2.83. The molecule has 1 aromatic rings. The van der Waals surface area contributed by atoms with Gasteiger partial charge < -0.3 is 5.11 Å². The molecule has 1 atom stereocenters. The SMILES string of the molecule is CCCC(C)N(C)Cc1cc(C#CCO)cs1. The van der Waals surface area contributed by atoms with Crippen LogP contribution in [0.15, 0.2) is 11.4 Å². The Bertz CT molecular complexity index is 388. The Morgan fingerprint density at radius 3 is 2.94 bits per heavy atom. The molecule has 94 valence electrons. The fourth-order valence-corrected chi connectivity index (χ4v) is 2.59. The van der Waals surface area contributed by atoms with Crippen molar-refractivity contribution in [3.8, 4) is 11.8 Å². The average molecular weight is 251 g/mol. The van der Waals surface area contributed by atoms with Gasteiger partial charge in [0.25, 0.3) is 0 Å². The second-order valence-corrected chi connectivity index (χ2v) is 5.31. The quantitative estimate of drug-likeness (QED) is 0.813. The predicted octanol–water partition coefficient (Wildman–Crippen LogP) is 2.71.